The summed E-state index contributed by atoms with van der Waals surface area (Å²) in [5.74, 6) is -1.33. The van der Waals surface area contributed by atoms with Crippen LogP contribution in [0.1, 0.15) is 23.3 Å². The van der Waals surface area contributed by atoms with Crippen LogP contribution < -0.4 is 5.73 Å². The van der Waals surface area contributed by atoms with Crippen molar-refractivity contribution < 1.29 is 22.4 Å². The lowest BCUT2D eigenvalue weighted by Gasteiger charge is -2.38. The largest absolute Gasteiger partial charge is 0.408 e. The van der Waals surface area contributed by atoms with Crippen LogP contribution in [0.25, 0.3) is 5.69 Å². The van der Waals surface area contributed by atoms with E-state index in [1.807, 2.05) is 0 Å². The van der Waals surface area contributed by atoms with Crippen LogP contribution in [0.2, 0.25) is 0 Å². The number of halogens is 5. The Morgan fingerprint density at radius 1 is 1.19 bits per heavy atom. The van der Waals surface area contributed by atoms with E-state index in [0.717, 1.165) is 0 Å². The fourth-order valence-electron chi connectivity index (χ4n) is 2.79. The number of hydrogen-bond acceptors (Lipinski definition) is 4. The zero-order valence-corrected chi connectivity index (χ0v) is 14.2. The average molecular weight is 394 g/mol. The molecule has 1 fully saturated rings. The molecule has 6 nitrogen and oxygen atoms in total. The van der Waals surface area contributed by atoms with Crippen LogP contribution in [-0.2, 0) is 0 Å². The SMILES string of the molecule is Cl.NC1CCC(C(F)(F)F)N(C(=O)c2cn(-c3ccc(F)cc3)nn2)C1. The normalized spacial score (nSPS) is 20.6. The molecule has 1 aliphatic heterocycles. The first-order chi connectivity index (χ1) is 11.8. The first kappa shape index (κ1) is 20.1. The van der Waals surface area contributed by atoms with Crippen molar-refractivity contribution >= 4 is 18.3 Å². The van der Waals surface area contributed by atoms with Gasteiger partial charge in [-0.05, 0) is 37.1 Å². The van der Waals surface area contributed by atoms with E-state index in [-0.39, 0.29) is 37.5 Å². The van der Waals surface area contributed by atoms with Crippen LogP contribution in [0.3, 0.4) is 0 Å². The van der Waals surface area contributed by atoms with E-state index >= 15 is 0 Å². The number of nitrogens with zero attached hydrogens (tertiary/aromatic N) is 4. The summed E-state index contributed by atoms with van der Waals surface area (Å²) in [5.41, 5.74) is 5.92. The first-order valence-corrected chi connectivity index (χ1v) is 7.57. The molecule has 2 aromatic rings. The maximum absolute atomic E-state index is 13.2. The average Bonchev–Trinajstić information content (AvgIpc) is 3.03. The maximum Gasteiger partial charge on any atom is 0.408 e. The molecule has 2 N–H and O–H groups in total. The molecule has 26 heavy (non-hydrogen) atoms. The minimum atomic E-state index is -4.54. The van der Waals surface area contributed by atoms with Crippen molar-refractivity contribution in [2.24, 2.45) is 5.73 Å². The lowest BCUT2D eigenvalue weighted by atomic mass is 9.98. The third-order valence-corrected chi connectivity index (χ3v) is 4.06. The van der Waals surface area contributed by atoms with Gasteiger partial charge in [0.2, 0.25) is 0 Å². The summed E-state index contributed by atoms with van der Waals surface area (Å²) in [4.78, 5) is 13.2. The third-order valence-electron chi connectivity index (χ3n) is 4.06. The van der Waals surface area contributed by atoms with Gasteiger partial charge in [0.15, 0.2) is 5.69 Å². The fourth-order valence-corrected chi connectivity index (χ4v) is 2.79. The Balaban J connectivity index is 0.00000243. The molecule has 0 radical (unpaired) electrons. The van der Waals surface area contributed by atoms with Gasteiger partial charge in [-0.2, -0.15) is 13.2 Å². The summed E-state index contributed by atoms with van der Waals surface area (Å²) in [5, 5.41) is 7.37. The van der Waals surface area contributed by atoms with Crippen molar-refractivity contribution in [1.82, 2.24) is 19.9 Å². The number of hydrogen-bond donors (Lipinski definition) is 1. The Bertz CT molecular complexity index is 764. The van der Waals surface area contributed by atoms with Crippen molar-refractivity contribution in [2.45, 2.75) is 31.1 Å². The summed E-state index contributed by atoms with van der Waals surface area (Å²) >= 11 is 0. The monoisotopic (exact) mass is 393 g/mol. The van der Waals surface area contributed by atoms with Crippen LogP contribution in [0, 0.1) is 5.82 Å². The highest BCUT2D eigenvalue weighted by atomic mass is 35.5. The van der Waals surface area contributed by atoms with Gasteiger partial charge in [0, 0.05) is 12.6 Å². The molecule has 0 aliphatic carbocycles. The lowest BCUT2D eigenvalue weighted by molar-refractivity contribution is -0.184. The highest BCUT2D eigenvalue weighted by molar-refractivity contribution is 5.92. The quantitative estimate of drug-likeness (QED) is 0.794. The second-order valence-electron chi connectivity index (χ2n) is 5.88. The summed E-state index contributed by atoms with van der Waals surface area (Å²) in [6, 6.07) is 2.80. The molecule has 1 aromatic heterocycles. The minimum absolute atomic E-state index is 0. The smallest absolute Gasteiger partial charge is 0.326 e. The van der Waals surface area contributed by atoms with Gasteiger partial charge in [-0.15, -0.1) is 17.5 Å². The molecule has 3 rings (SSSR count). The molecule has 2 atom stereocenters. The summed E-state index contributed by atoms with van der Waals surface area (Å²) < 4.78 is 53.7. The lowest BCUT2D eigenvalue weighted by Crippen LogP contribution is -2.56. The molecule has 11 heteroatoms. The topological polar surface area (TPSA) is 77.0 Å². The Kier molecular flexibility index (Phi) is 5.87. The number of aromatic nitrogens is 3. The number of alkyl halides is 3. The third kappa shape index (κ3) is 4.13. The molecule has 2 heterocycles. The summed E-state index contributed by atoms with van der Waals surface area (Å²) in [6.45, 7) is -0.202. The number of carbonyl (C=O) groups excluding carboxylic acids is 1. The number of nitrogens with two attached hydrogens (primary N) is 1. The second-order valence-corrected chi connectivity index (χ2v) is 5.88. The van der Waals surface area contributed by atoms with Crippen molar-refractivity contribution in [3.63, 3.8) is 0 Å². The van der Waals surface area contributed by atoms with Gasteiger partial charge in [0.25, 0.3) is 5.91 Å². The highest BCUT2D eigenvalue weighted by Gasteiger charge is 2.48. The van der Waals surface area contributed by atoms with E-state index in [0.29, 0.717) is 10.6 Å². The van der Waals surface area contributed by atoms with Gasteiger partial charge < -0.3 is 10.6 Å². The van der Waals surface area contributed by atoms with Crippen molar-refractivity contribution in [3.8, 4) is 5.69 Å². The fraction of sp³-hybridized carbons (Fsp3) is 0.400. The van der Waals surface area contributed by atoms with Gasteiger partial charge in [-0.1, -0.05) is 5.21 Å². The van der Waals surface area contributed by atoms with Gasteiger partial charge in [0.05, 0.1) is 11.9 Å². The van der Waals surface area contributed by atoms with Crippen LogP contribution in [-0.4, -0.2) is 50.6 Å². The standard InChI is InChI=1S/C15H15F4N5O.ClH/c16-9-1-4-11(5-2-9)24-8-12(21-22-24)14(25)23-7-10(20)3-6-13(23)15(17,18)19;/h1-2,4-5,8,10,13H,3,6-7,20H2;1H. The van der Waals surface area contributed by atoms with E-state index in [9.17, 15) is 22.4 Å². The van der Waals surface area contributed by atoms with E-state index < -0.39 is 30.0 Å². The Morgan fingerprint density at radius 2 is 1.85 bits per heavy atom. The zero-order valence-electron chi connectivity index (χ0n) is 13.4. The van der Waals surface area contributed by atoms with E-state index in [4.69, 9.17) is 5.73 Å². The number of amides is 1. The molecule has 142 valence electrons. The zero-order chi connectivity index (χ0) is 18.2. The van der Waals surface area contributed by atoms with Gasteiger partial charge in [-0.25, -0.2) is 9.07 Å². The highest BCUT2D eigenvalue weighted by Crippen LogP contribution is 2.32. The predicted octanol–water partition coefficient (Wildman–Crippen LogP) is 2.32. The van der Waals surface area contributed by atoms with Crippen molar-refractivity contribution in [3.05, 3.63) is 42.0 Å². The molecule has 1 aromatic carbocycles. The Morgan fingerprint density at radius 3 is 2.46 bits per heavy atom. The number of benzene rings is 1. The number of rotatable bonds is 2. The number of likely N-dealkylation sites (tertiary alicyclic amines) is 1. The molecular weight excluding hydrogens is 378 g/mol. The Hall–Kier alpha value is -2.20. The second kappa shape index (κ2) is 7.58. The van der Waals surface area contributed by atoms with Crippen LogP contribution in [0.15, 0.2) is 30.5 Å². The molecule has 1 saturated heterocycles. The maximum atomic E-state index is 13.2. The molecule has 0 spiro atoms. The van der Waals surface area contributed by atoms with Crippen LogP contribution >= 0.6 is 12.4 Å². The van der Waals surface area contributed by atoms with Crippen molar-refractivity contribution in [2.75, 3.05) is 6.54 Å². The van der Waals surface area contributed by atoms with Gasteiger partial charge >= 0.3 is 6.18 Å². The van der Waals surface area contributed by atoms with Crippen LogP contribution in [0.4, 0.5) is 17.6 Å². The predicted molar refractivity (Wildman–Crippen MR) is 86.7 cm³/mol. The summed E-state index contributed by atoms with van der Waals surface area (Å²) in [6.07, 6.45) is -3.38. The number of piperidine rings is 1. The molecule has 1 amide bonds. The molecule has 2 unspecified atom stereocenters. The van der Waals surface area contributed by atoms with Crippen LogP contribution in [0.5, 0.6) is 0 Å². The first-order valence-electron chi connectivity index (χ1n) is 7.57. The van der Waals surface area contributed by atoms with E-state index in [2.05, 4.69) is 10.3 Å². The molecule has 0 bridgehead atoms. The van der Waals surface area contributed by atoms with E-state index in [1.165, 1.54) is 35.1 Å². The molecule has 0 saturated carbocycles. The van der Waals surface area contributed by atoms with Gasteiger partial charge in [0.1, 0.15) is 11.9 Å². The Labute approximate surface area is 152 Å². The molecule has 1 aliphatic rings. The van der Waals surface area contributed by atoms with Crippen molar-refractivity contribution in [1.29, 1.82) is 0 Å². The molecular formula is C15H16ClF4N5O. The minimum Gasteiger partial charge on any atom is -0.326 e. The van der Waals surface area contributed by atoms with Gasteiger partial charge in [-0.3, -0.25) is 4.79 Å². The van der Waals surface area contributed by atoms with E-state index in [1.54, 1.807) is 0 Å². The number of carbonyl (C=O) groups is 1. The summed E-state index contributed by atoms with van der Waals surface area (Å²) in [7, 11) is 0.